The Hall–Kier alpha value is -0.610. The zero-order valence-corrected chi connectivity index (χ0v) is 16.6. The third-order valence-electron chi connectivity index (χ3n) is 6.79. The largest absolute Gasteiger partial charge is 0.429 e. The lowest BCUT2D eigenvalue weighted by Crippen LogP contribution is -2.35. The fourth-order valence-corrected chi connectivity index (χ4v) is 6.01. The summed E-state index contributed by atoms with van der Waals surface area (Å²) in [6.07, 6.45) is 9.77. The van der Waals surface area contributed by atoms with Crippen LogP contribution in [0.25, 0.3) is 0 Å². The lowest BCUT2D eigenvalue weighted by molar-refractivity contribution is -0.150. The van der Waals surface area contributed by atoms with Gasteiger partial charge in [-0.25, -0.2) is 4.79 Å². The Morgan fingerprint density at radius 1 is 1.46 bits per heavy atom. The minimum atomic E-state index is -1.44. The third-order valence-corrected chi connectivity index (χ3v) is 7.38. The number of aliphatic hydroxyl groups is 1. The van der Waals surface area contributed by atoms with E-state index in [2.05, 4.69) is 34.8 Å². The molecular weight excluding hydrogens is 368 g/mol. The maximum absolute atomic E-state index is 11.6. The van der Waals surface area contributed by atoms with Crippen LogP contribution in [0.15, 0.2) is 22.4 Å². The van der Waals surface area contributed by atoms with Crippen molar-refractivity contribution < 1.29 is 14.6 Å². The Labute approximate surface area is 153 Å². The summed E-state index contributed by atoms with van der Waals surface area (Å²) in [4.78, 5) is 13.8. The predicted molar refractivity (Wildman–Crippen MR) is 98.4 cm³/mol. The summed E-state index contributed by atoms with van der Waals surface area (Å²) in [5.41, 5.74) is 0.563. The van der Waals surface area contributed by atoms with Gasteiger partial charge in [-0.15, -0.1) is 0 Å². The van der Waals surface area contributed by atoms with Gasteiger partial charge in [-0.2, -0.15) is 0 Å². The van der Waals surface area contributed by atoms with E-state index in [0.29, 0.717) is 17.1 Å². The van der Waals surface area contributed by atoms with Crippen molar-refractivity contribution in [2.45, 2.75) is 71.3 Å². The second-order valence-electron chi connectivity index (χ2n) is 8.44. The average molecular weight is 397 g/mol. The Bertz CT molecular complexity index is 577. The van der Waals surface area contributed by atoms with E-state index in [-0.39, 0.29) is 0 Å². The Balaban J connectivity index is 1.64. The topological polar surface area (TPSA) is 46.5 Å². The Kier molecular flexibility index (Phi) is 5.00. The highest BCUT2D eigenvalue weighted by Crippen LogP contribution is 2.60. The second-order valence-corrected chi connectivity index (χ2v) is 8.90. The zero-order chi connectivity index (χ0) is 17.5. The molecule has 2 saturated carbocycles. The molecule has 1 N–H and O–H groups in total. The third kappa shape index (κ3) is 3.12. The first-order valence-electron chi connectivity index (χ1n) is 9.23. The minimum absolute atomic E-state index is 0.406. The van der Waals surface area contributed by atoms with Gasteiger partial charge in [0.1, 0.15) is 5.76 Å². The first-order valence-corrected chi connectivity index (χ1v) is 10.1. The number of esters is 1. The highest BCUT2D eigenvalue weighted by molar-refractivity contribution is 9.11. The predicted octanol–water partition coefficient (Wildman–Crippen LogP) is 5.09. The number of carbonyl (C=O) groups excluding carboxylic acids is 1. The van der Waals surface area contributed by atoms with Crippen LogP contribution >= 0.6 is 15.9 Å². The molecule has 1 unspecified atom stereocenters. The van der Waals surface area contributed by atoms with Crippen LogP contribution in [0, 0.1) is 23.2 Å². The van der Waals surface area contributed by atoms with Crippen LogP contribution in [0.4, 0.5) is 0 Å². The van der Waals surface area contributed by atoms with E-state index in [4.69, 9.17) is 4.74 Å². The van der Waals surface area contributed by atoms with Crippen LogP contribution in [-0.4, -0.2) is 16.7 Å². The molecule has 1 aliphatic heterocycles. The quantitative estimate of drug-likeness (QED) is 0.673. The zero-order valence-electron chi connectivity index (χ0n) is 15.0. The molecule has 0 radical (unpaired) electrons. The summed E-state index contributed by atoms with van der Waals surface area (Å²) in [6.45, 7) is 6.32. The molecule has 0 amide bonds. The van der Waals surface area contributed by atoms with E-state index in [0.717, 1.165) is 24.7 Å². The number of allylic oxidation sites excluding steroid dienone is 2. The minimum Gasteiger partial charge on any atom is -0.429 e. The molecule has 0 saturated heterocycles. The molecule has 2 aliphatic carbocycles. The van der Waals surface area contributed by atoms with Crippen molar-refractivity contribution in [2.24, 2.45) is 23.2 Å². The van der Waals surface area contributed by atoms with Gasteiger partial charge in [-0.3, -0.25) is 0 Å². The lowest BCUT2D eigenvalue weighted by Gasteiger charge is -2.44. The summed E-state index contributed by atoms with van der Waals surface area (Å²) in [5.74, 6) is 2.14. The SMILES string of the molecule is C[C@H](CCC1=C[C@@](C)(O)C(=O)O1)[C@H]1CCC2/C(=C/Br)CCC[C@@]21C. The number of fused-ring (bicyclic) bond motifs is 1. The number of halogens is 1. The standard InChI is InChI=1S/C20H29BrO3/c1-13(6-7-15-11-20(3,23)18(22)24-15)16-8-9-17-14(12-21)5-4-10-19(16,17)2/h11-13,16-17,23H,4-10H2,1-3H3/b14-12+/t13-,16-,17?,19-,20-/m1/s1. The van der Waals surface area contributed by atoms with Crippen LogP contribution < -0.4 is 0 Å². The van der Waals surface area contributed by atoms with E-state index >= 15 is 0 Å². The number of hydrogen-bond acceptors (Lipinski definition) is 3. The number of carbonyl (C=O) groups is 1. The fraction of sp³-hybridized carbons (Fsp3) is 0.750. The number of rotatable bonds is 4. The molecule has 3 aliphatic rings. The molecule has 0 aromatic rings. The van der Waals surface area contributed by atoms with Crippen molar-refractivity contribution in [3.05, 3.63) is 22.4 Å². The van der Waals surface area contributed by atoms with E-state index in [1.54, 1.807) is 11.6 Å². The summed E-state index contributed by atoms with van der Waals surface area (Å²) >= 11 is 3.58. The monoisotopic (exact) mass is 396 g/mol. The summed E-state index contributed by atoms with van der Waals surface area (Å²) in [5, 5.41) is 9.90. The van der Waals surface area contributed by atoms with Crippen LogP contribution in [0.3, 0.4) is 0 Å². The number of hydrogen-bond donors (Lipinski definition) is 1. The van der Waals surface area contributed by atoms with E-state index in [1.165, 1.54) is 39.0 Å². The molecule has 3 rings (SSSR count). The number of ether oxygens (including phenoxy) is 1. The highest BCUT2D eigenvalue weighted by atomic mass is 79.9. The maximum Gasteiger partial charge on any atom is 0.347 e. The average Bonchev–Trinajstić information content (AvgIpc) is 3.00. The molecule has 0 spiro atoms. The van der Waals surface area contributed by atoms with Crippen molar-refractivity contribution in [1.82, 2.24) is 0 Å². The molecule has 2 fully saturated rings. The van der Waals surface area contributed by atoms with Gasteiger partial charge in [0.05, 0.1) is 0 Å². The van der Waals surface area contributed by atoms with Gasteiger partial charge in [-0.05, 0) is 79.7 Å². The van der Waals surface area contributed by atoms with Crippen molar-refractivity contribution in [3.8, 4) is 0 Å². The molecule has 0 aromatic heterocycles. The van der Waals surface area contributed by atoms with Crippen LogP contribution in [-0.2, 0) is 9.53 Å². The molecule has 5 atom stereocenters. The smallest absolute Gasteiger partial charge is 0.347 e. The lowest BCUT2D eigenvalue weighted by atomic mass is 9.61. The van der Waals surface area contributed by atoms with Gasteiger partial charge in [0.2, 0.25) is 0 Å². The summed E-state index contributed by atoms with van der Waals surface area (Å²) in [6, 6.07) is 0. The Morgan fingerprint density at radius 2 is 2.21 bits per heavy atom. The molecular formula is C20H29BrO3. The highest BCUT2D eigenvalue weighted by Gasteiger charge is 2.50. The van der Waals surface area contributed by atoms with Crippen LogP contribution in [0.5, 0.6) is 0 Å². The van der Waals surface area contributed by atoms with E-state index in [9.17, 15) is 9.90 Å². The van der Waals surface area contributed by atoms with Crippen LogP contribution in [0.1, 0.15) is 65.7 Å². The summed E-state index contributed by atoms with van der Waals surface area (Å²) in [7, 11) is 0. The maximum atomic E-state index is 11.6. The Morgan fingerprint density at radius 3 is 2.83 bits per heavy atom. The van der Waals surface area contributed by atoms with Crippen molar-refractivity contribution in [1.29, 1.82) is 0 Å². The molecule has 4 heteroatoms. The van der Waals surface area contributed by atoms with Gasteiger partial charge in [0.15, 0.2) is 5.60 Å². The van der Waals surface area contributed by atoms with Crippen molar-refractivity contribution >= 4 is 21.9 Å². The molecule has 0 aromatic carbocycles. The first kappa shape index (κ1) is 18.2. The van der Waals surface area contributed by atoms with Crippen LogP contribution in [0.2, 0.25) is 0 Å². The van der Waals surface area contributed by atoms with Gasteiger partial charge < -0.3 is 9.84 Å². The van der Waals surface area contributed by atoms with Gasteiger partial charge >= 0.3 is 5.97 Å². The second kappa shape index (κ2) is 6.60. The molecule has 0 bridgehead atoms. The van der Waals surface area contributed by atoms with E-state index < -0.39 is 11.6 Å². The van der Waals surface area contributed by atoms with E-state index in [1.807, 2.05) is 0 Å². The van der Waals surface area contributed by atoms with Gasteiger partial charge in [0, 0.05) is 6.42 Å². The fourth-order valence-electron chi connectivity index (χ4n) is 5.46. The van der Waals surface area contributed by atoms with Gasteiger partial charge in [0.25, 0.3) is 0 Å². The molecule has 1 heterocycles. The number of cyclic esters (lactones) is 1. The van der Waals surface area contributed by atoms with Gasteiger partial charge in [-0.1, -0.05) is 35.4 Å². The molecule has 3 nitrogen and oxygen atoms in total. The van der Waals surface area contributed by atoms with Crippen molar-refractivity contribution in [3.63, 3.8) is 0 Å². The normalized spacial score (nSPS) is 42.0. The molecule has 134 valence electrons. The molecule has 24 heavy (non-hydrogen) atoms. The van der Waals surface area contributed by atoms with Crippen molar-refractivity contribution in [2.75, 3.05) is 0 Å². The summed E-state index contributed by atoms with van der Waals surface area (Å²) < 4.78 is 5.21. The first-order chi connectivity index (χ1) is 11.3.